The van der Waals surface area contributed by atoms with Crippen molar-refractivity contribution in [2.75, 3.05) is 19.5 Å². The normalized spacial score (nSPS) is 19.7. The molecule has 1 aromatic carbocycles. The second kappa shape index (κ2) is 5.27. The number of nitrogens with one attached hydrogen (secondary N) is 1. The number of methoxy groups -OCH3 is 2. The summed E-state index contributed by atoms with van der Waals surface area (Å²) in [6, 6.07) is 3.16. The molecular weight excluding hydrogens is 312 g/mol. The lowest BCUT2D eigenvalue weighted by molar-refractivity contribution is -0.117. The van der Waals surface area contributed by atoms with Crippen molar-refractivity contribution in [3.63, 3.8) is 0 Å². The van der Waals surface area contributed by atoms with Gasteiger partial charge in [0, 0.05) is 12.1 Å². The topological polar surface area (TPSA) is 47.6 Å². The molecular formula is C12H12Cl3NO3. The van der Waals surface area contributed by atoms with Gasteiger partial charge in [-0.15, -0.1) is 23.2 Å². The van der Waals surface area contributed by atoms with Gasteiger partial charge in [0.2, 0.25) is 5.91 Å². The third-order valence-corrected chi connectivity index (χ3v) is 4.01. The summed E-state index contributed by atoms with van der Waals surface area (Å²) in [7, 11) is 2.97. The Balaban J connectivity index is 2.21. The van der Waals surface area contributed by atoms with Crippen LogP contribution in [-0.2, 0) is 4.79 Å². The van der Waals surface area contributed by atoms with Crippen LogP contribution in [0.3, 0.4) is 0 Å². The molecule has 0 radical (unpaired) electrons. The number of halogens is 3. The Labute approximate surface area is 125 Å². The van der Waals surface area contributed by atoms with E-state index < -0.39 is 10.3 Å². The molecule has 1 saturated carbocycles. The monoisotopic (exact) mass is 323 g/mol. The Hall–Kier alpha value is -0.840. The van der Waals surface area contributed by atoms with E-state index in [1.165, 1.54) is 14.2 Å². The molecule has 1 aliphatic carbocycles. The molecule has 1 aromatic rings. The number of carbonyl (C=O) groups excluding carboxylic acids is 1. The van der Waals surface area contributed by atoms with Crippen LogP contribution in [0.4, 0.5) is 5.69 Å². The highest BCUT2D eigenvalue weighted by molar-refractivity contribution is 6.52. The minimum absolute atomic E-state index is 0.257. The first-order valence-electron chi connectivity index (χ1n) is 5.49. The van der Waals surface area contributed by atoms with Crippen molar-refractivity contribution in [3.8, 4) is 11.5 Å². The summed E-state index contributed by atoms with van der Waals surface area (Å²) in [5.74, 6) is 0.209. The van der Waals surface area contributed by atoms with Crippen molar-refractivity contribution >= 4 is 46.4 Å². The van der Waals surface area contributed by atoms with Gasteiger partial charge in [0.15, 0.2) is 0 Å². The Kier molecular flexibility index (Phi) is 4.04. The molecule has 0 aliphatic heterocycles. The summed E-state index contributed by atoms with van der Waals surface area (Å²) in [5.41, 5.74) is 0.463. The number of carbonyl (C=O) groups is 1. The minimum atomic E-state index is -0.964. The van der Waals surface area contributed by atoms with Gasteiger partial charge < -0.3 is 14.8 Å². The van der Waals surface area contributed by atoms with Gasteiger partial charge in [-0.2, -0.15) is 0 Å². The van der Waals surface area contributed by atoms with Crippen LogP contribution in [-0.4, -0.2) is 24.5 Å². The van der Waals surface area contributed by atoms with Crippen LogP contribution in [0.1, 0.15) is 6.42 Å². The highest BCUT2D eigenvalue weighted by Gasteiger charge is 2.56. The number of hydrogen-bond acceptors (Lipinski definition) is 3. The maximum atomic E-state index is 11.9. The van der Waals surface area contributed by atoms with E-state index in [2.05, 4.69) is 5.32 Å². The smallest absolute Gasteiger partial charge is 0.230 e. The summed E-state index contributed by atoms with van der Waals surface area (Å²) >= 11 is 17.7. The number of hydrogen-bond donors (Lipinski definition) is 1. The highest BCUT2D eigenvalue weighted by atomic mass is 35.5. The zero-order valence-corrected chi connectivity index (χ0v) is 12.6. The second-order valence-electron chi connectivity index (χ2n) is 4.19. The van der Waals surface area contributed by atoms with Crippen molar-refractivity contribution in [1.29, 1.82) is 0 Å². The molecule has 1 N–H and O–H groups in total. The van der Waals surface area contributed by atoms with Gasteiger partial charge >= 0.3 is 0 Å². The molecule has 1 amide bonds. The Bertz CT molecular complexity index is 519. The van der Waals surface area contributed by atoms with Crippen molar-refractivity contribution in [2.24, 2.45) is 5.92 Å². The van der Waals surface area contributed by atoms with E-state index in [0.717, 1.165) is 0 Å². The summed E-state index contributed by atoms with van der Waals surface area (Å²) in [4.78, 5) is 11.9. The van der Waals surface area contributed by atoms with Crippen molar-refractivity contribution in [2.45, 2.75) is 10.8 Å². The fourth-order valence-corrected chi connectivity index (χ4v) is 2.41. The summed E-state index contributed by atoms with van der Waals surface area (Å²) in [6.07, 6.45) is 0.439. The van der Waals surface area contributed by atoms with Crippen LogP contribution in [0, 0.1) is 5.92 Å². The van der Waals surface area contributed by atoms with Crippen LogP contribution >= 0.6 is 34.8 Å². The Morgan fingerprint density at radius 3 is 2.37 bits per heavy atom. The number of alkyl halides is 2. The third-order valence-electron chi connectivity index (χ3n) is 2.87. The maximum absolute atomic E-state index is 11.9. The zero-order chi connectivity index (χ0) is 14.2. The molecule has 0 bridgehead atoms. The molecule has 104 valence electrons. The summed E-state index contributed by atoms with van der Waals surface area (Å²) in [5, 5.41) is 3.11. The molecule has 1 fully saturated rings. The number of anilines is 1. The van der Waals surface area contributed by atoms with Gasteiger partial charge in [-0.3, -0.25) is 4.79 Å². The van der Waals surface area contributed by atoms with E-state index in [1.54, 1.807) is 12.1 Å². The number of ether oxygens (including phenoxy) is 2. The molecule has 4 nitrogen and oxygen atoms in total. The van der Waals surface area contributed by atoms with Crippen LogP contribution in [0.25, 0.3) is 0 Å². The number of rotatable bonds is 4. The van der Waals surface area contributed by atoms with Crippen molar-refractivity contribution in [1.82, 2.24) is 0 Å². The Morgan fingerprint density at radius 2 is 1.89 bits per heavy atom. The quantitative estimate of drug-likeness (QED) is 0.862. The van der Waals surface area contributed by atoms with E-state index in [0.29, 0.717) is 28.6 Å². The molecule has 1 atom stereocenters. The van der Waals surface area contributed by atoms with Crippen molar-refractivity contribution in [3.05, 3.63) is 17.2 Å². The first-order valence-corrected chi connectivity index (χ1v) is 6.62. The van der Waals surface area contributed by atoms with Gasteiger partial charge in [0.25, 0.3) is 0 Å². The predicted molar refractivity (Wildman–Crippen MR) is 75.7 cm³/mol. The average Bonchev–Trinajstić information content (AvgIpc) is 3.00. The third kappa shape index (κ3) is 3.02. The lowest BCUT2D eigenvalue weighted by Crippen LogP contribution is -2.17. The molecule has 0 spiro atoms. The van der Waals surface area contributed by atoms with Gasteiger partial charge in [0.1, 0.15) is 15.8 Å². The highest BCUT2D eigenvalue weighted by Crippen LogP contribution is 2.53. The van der Waals surface area contributed by atoms with Gasteiger partial charge in [-0.05, 0) is 6.42 Å². The average molecular weight is 325 g/mol. The van der Waals surface area contributed by atoms with Crippen LogP contribution in [0.5, 0.6) is 11.5 Å². The van der Waals surface area contributed by atoms with Gasteiger partial charge in [0.05, 0.1) is 30.8 Å². The minimum Gasteiger partial charge on any atom is -0.495 e. The molecule has 19 heavy (non-hydrogen) atoms. The summed E-state index contributed by atoms with van der Waals surface area (Å²) in [6.45, 7) is 0. The number of amides is 1. The summed E-state index contributed by atoms with van der Waals surface area (Å²) < 4.78 is 9.29. The molecule has 1 aliphatic rings. The van der Waals surface area contributed by atoms with Crippen molar-refractivity contribution < 1.29 is 14.3 Å². The second-order valence-corrected chi connectivity index (χ2v) is 6.14. The largest absolute Gasteiger partial charge is 0.495 e. The van der Waals surface area contributed by atoms with Crippen LogP contribution in [0.2, 0.25) is 5.02 Å². The van der Waals surface area contributed by atoms with E-state index in [4.69, 9.17) is 44.3 Å². The zero-order valence-electron chi connectivity index (χ0n) is 10.3. The molecule has 0 saturated heterocycles. The SMILES string of the molecule is COc1cc(NC(=O)[C@H]2CC2(Cl)Cl)c(OC)cc1Cl. The molecule has 2 rings (SSSR count). The molecule has 0 unspecified atom stereocenters. The first kappa shape index (κ1) is 14.6. The van der Waals surface area contributed by atoms with E-state index in [9.17, 15) is 4.79 Å². The Morgan fingerprint density at radius 1 is 1.32 bits per heavy atom. The predicted octanol–water partition coefficient (Wildman–Crippen LogP) is 3.49. The van der Waals surface area contributed by atoms with Crippen LogP contribution < -0.4 is 14.8 Å². The fourth-order valence-electron chi connectivity index (χ4n) is 1.68. The first-order chi connectivity index (χ1) is 8.89. The van der Waals surface area contributed by atoms with E-state index >= 15 is 0 Å². The fraction of sp³-hybridized carbons (Fsp3) is 0.417. The van der Waals surface area contributed by atoms with E-state index in [1.807, 2.05) is 0 Å². The lowest BCUT2D eigenvalue weighted by atomic mass is 10.2. The van der Waals surface area contributed by atoms with E-state index in [-0.39, 0.29) is 5.91 Å². The molecule has 0 heterocycles. The standard InChI is InChI=1S/C12H12Cl3NO3/c1-18-9-4-8(10(19-2)3-7(9)13)16-11(17)6-5-12(6,14)15/h3-4,6H,5H2,1-2H3,(H,16,17)/t6-/m1/s1. The van der Waals surface area contributed by atoms with Gasteiger partial charge in [-0.25, -0.2) is 0 Å². The van der Waals surface area contributed by atoms with Gasteiger partial charge in [-0.1, -0.05) is 11.6 Å². The molecule has 7 heteroatoms. The maximum Gasteiger partial charge on any atom is 0.230 e. The molecule has 0 aromatic heterocycles. The lowest BCUT2D eigenvalue weighted by Gasteiger charge is -2.13. The van der Waals surface area contributed by atoms with Crippen LogP contribution in [0.15, 0.2) is 12.1 Å². The number of benzene rings is 1.